The number of rotatable bonds is 8. The van der Waals surface area contributed by atoms with Gasteiger partial charge < -0.3 is 13.9 Å². The first-order valence-corrected chi connectivity index (χ1v) is 8.89. The van der Waals surface area contributed by atoms with Crippen LogP contribution in [0.15, 0.2) is 52.9 Å². The van der Waals surface area contributed by atoms with Crippen molar-refractivity contribution in [3.8, 4) is 17.2 Å². The maximum absolute atomic E-state index is 12.0. The lowest BCUT2D eigenvalue weighted by Gasteiger charge is -2.10. The van der Waals surface area contributed by atoms with Gasteiger partial charge in [0.25, 0.3) is 11.6 Å². The summed E-state index contributed by atoms with van der Waals surface area (Å²) in [7, 11) is 0. The summed E-state index contributed by atoms with van der Waals surface area (Å²) in [5.74, 6) is 0.544. The van der Waals surface area contributed by atoms with Gasteiger partial charge in [0.15, 0.2) is 6.10 Å². The standard InChI is InChI=1S/C20H19N3O6/c1-13-4-3-5-17(12-13)27-11-10-18(24)28-14(2)19-21-22-20(29-19)15-6-8-16(9-7-15)23(25)26/h3-9,12,14H,10-11H2,1-2H3/t14-/m0/s1. The van der Waals surface area contributed by atoms with Crippen LogP contribution in [0.2, 0.25) is 0 Å². The van der Waals surface area contributed by atoms with Crippen molar-refractivity contribution in [2.45, 2.75) is 26.4 Å². The molecule has 0 saturated heterocycles. The van der Waals surface area contributed by atoms with E-state index in [1.165, 1.54) is 24.3 Å². The molecule has 1 atom stereocenters. The van der Waals surface area contributed by atoms with Crippen LogP contribution in [0.4, 0.5) is 5.69 Å². The molecule has 150 valence electrons. The molecule has 1 heterocycles. The lowest BCUT2D eigenvalue weighted by atomic mass is 10.2. The number of aryl methyl sites for hydroxylation is 1. The SMILES string of the molecule is Cc1cccc(OCCC(=O)O[C@@H](C)c2nnc(-c3ccc([N+](=O)[O-])cc3)o2)c1. The Kier molecular flexibility index (Phi) is 6.18. The molecule has 3 rings (SSSR count). The first-order valence-electron chi connectivity index (χ1n) is 8.89. The number of nitro groups is 1. The number of hydrogen-bond donors (Lipinski definition) is 0. The monoisotopic (exact) mass is 397 g/mol. The number of esters is 1. The minimum Gasteiger partial charge on any atom is -0.493 e. The second-order valence-electron chi connectivity index (χ2n) is 6.30. The maximum Gasteiger partial charge on any atom is 0.310 e. The van der Waals surface area contributed by atoms with E-state index in [0.29, 0.717) is 11.3 Å². The number of aromatic nitrogens is 2. The molecule has 0 radical (unpaired) electrons. The zero-order valence-electron chi connectivity index (χ0n) is 15.9. The van der Waals surface area contributed by atoms with Crippen LogP contribution in [0.5, 0.6) is 5.75 Å². The fourth-order valence-electron chi connectivity index (χ4n) is 2.51. The topological polar surface area (TPSA) is 118 Å². The van der Waals surface area contributed by atoms with Crippen LogP contribution in [0.3, 0.4) is 0 Å². The molecule has 0 fully saturated rings. The smallest absolute Gasteiger partial charge is 0.310 e. The van der Waals surface area contributed by atoms with E-state index in [1.54, 1.807) is 6.92 Å². The van der Waals surface area contributed by atoms with Gasteiger partial charge in [0.2, 0.25) is 5.89 Å². The third kappa shape index (κ3) is 5.38. The quantitative estimate of drug-likeness (QED) is 0.318. The lowest BCUT2D eigenvalue weighted by molar-refractivity contribution is -0.384. The molecule has 0 amide bonds. The van der Waals surface area contributed by atoms with E-state index in [4.69, 9.17) is 13.9 Å². The maximum atomic E-state index is 12.0. The Balaban J connectivity index is 1.52. The van der Waals surface area contributed by atoms with Crippen LogP contribution < -0.4 is 4.74 Å². The second kappa shape index (κ2) is 8.96. The highest BCUT2D eigenvalue weighted by molar-refractivity contribution is 5.69. The lowest BCUT2D eigenvalue weighted by Crippen LogP contribution is -2.12. The van der Waals surface area contributed by atoms with Crippen LogP contribution in [0.1, 0.15) is 30.9 Å². The molecule has 9 nitrogen and oxygen atoms in total. The predicted octanol–water partition coefficient (Wildman–Crippen LogP) is 4.03. The van der Waals surface area contributed by atoms with E-state index < -0.39 is 17.0 Å². The number of nitro benzene ring substituents is 1. The van der Waals surface area contributed by atoms with Gasteiger partial charge in [-0.3, -0.25) is 14.9 Å². The van der Waals surface area contributed by atoms with Crippen molar-refractivity contribution in [1.29, 1.82) is 0 Å². The highest BCUT2D eigenvalue weighted by Crippen LogP contribution is 2.24. The molecule has 3 aromatic rings. The van der Waals surface area contributed by atoms with Gasteiger partial charge >= 0.3 is 5.97 Å². The molecule has 0 bridgehead atoms. The van der Waals surface area contributed by atoms with Crippen molar-refractivity contribution in [1.82, 2.24) is 10.2 Å². The Bertz CT molecular complexity index is 999. The Labute approximate surface area is 166 Å². The van der Waals surface area contributed by atoms with Crippen molar-refractivity contribution < 1.29 is 23.6 Å². The Morgan fingerprint density at radius 3 is 2.66 bits per heavy atom. The summed E-state index contributed by atoms with van der Waals surface area (Å²) in [6.07, 6.45) is -0.664. The summed E-state index contributed by atoms with van der Waals surface area (Å²) >= 11 is 0. The fourth-order valence-corrected chi connectivity index (χ4v) is 2.51. The number of carbonyl (C=O) groups is 1. The van der Waals surface area contributed by atoms with E-state index >= 15 is 0 Å². The molecule has 0 saturated carbocycles. The summed E-state index contributed by atoms with van der Waals surface area (Å²) in [5.41, 5.74) is 1.56. The molecule has 2 aromatic carbocycles. The summed E-state index contributed by atoms with van der Waals surface area (Å²) < 4.78 is 16.3. The van der Waals surface area contributed by atoms with E-state index in [0.717, 1.165) is 5.56 Å². The second-order valence-corrected chi connectivity index (χ2v) is 6.30. The first kappa shape index (κ1) is 20.0. The first-order chi connectivity index (χ1) is 13.9. The molecule has 0 unspecified atom stereocenters. The van der Waals surface area contributed by atoms with Gasteiger partial charge in [0.1, 0.15) is 5.75 Å². The number of benzene rings is 2. The van der Waals surface area contributed by atoms with Crippen LogP contribution >= 0.6 is 0 Å². The third-order valence-corrected chi connectivity index (χ3v) is 3.99. The predicted molar refractivity (Wildman–Crippen MR) is 102 cm³/mol. The minimum atomic E-state index is -0.735. The molecular weight excluding hydrogens is 378 g/mol. The average molecular weight is 397 g/mol. The van der Waals surface area contributed by atoms with Crippen molar-refractivity contribution in [2.75, 3.05) is 6.61 Å². The Morgan fingerprint density at radius 1 is 1.21 bits per heavy atom. The highest BCUT2D eigenvalue weighted by atomic mass is 16.6. The molecule has 0 spiro atoms. The average Bonchev–Trinajstić information content (AvgIpc) is 3.18. The van der Waals surface area contributed by atoms with Gasteiger partial charge in [0.05, 0.1) is 18.0 Å². The summed E-state index contributed by atoms with van der Waals surface area (Å²) in [6, 6.07) is 13.2. The van der Waals surface area contributed by atoms with E-state index in [2.05, 4.69) is 10.2 Å². The van der Waals surface area contributed by atoms with E-state index in [-0.39, 0.29) is 30.5 Å². The largest absolute Gasteiger partial charge is 0.493 e. The normalized spacial score (nSPS) is 11.7. The van der Waals surface area contributed by atoms with Gasteiger partial charge in [-0.1, -0.05) is 12.1 Å². The summed E-state index contributed by atoms with van der Waals surface area (Å²) in [4.78, 5) is 22.2. The van der Waals surface area contributed by atoms with Crippen molar-refractivity contribution in [3.05, 3.63) is 70.1 Å². The highest BCUT2D eigenvalue weighted by Gasteiger charge is 2.19. The van der Waals surface area contributed by atoms with Crippen LogP contribution in [-0.2, 0) is 9.53 Å². The number of hydrogen-bond acceptors (Lipinski definition) is 8. The number of carbonyl (C=O) groups excluding carboxylic acids is 1. The van der Waals surface area contributed by atoms with Crippen LogP contribution in [0, 0.1) is 17.0 Å². The Hall–Kier alpha value is -3.75. The van der Waals surface area contributed by atoms with Gasteiger partial charge in [-0.2, -0.15) is 0 Å². The van der Waals surface area contributed by atoms with Gasteiger partial charge in [0, 0.05) is 17.7 Å². The van der Waals surface area contributed by atoms with Gasteiger partial charge in [-0.05, 0) is 43.7 Å². The fraction of sp³-hybridized carbons (Fsp3) is 0.250. The molecule has 1 aromatic heterocycles. The van der Waals surface area contributed by atoms with E-state index in [9.17, 15) is 14.9 Å². The number of nitrogens with zero attached hydrogens (tertiary/aromatic N) is 3. The third-order valence-electron chi connectivity index (χ3n) is 3.99. The number of ether oxygens (including phenoxy) is 2. The summed E-state index contributed by atoms with van der Waals surface area (Å²) in [5, 5.41) is 18.5. The molecule has 29 heavy (non-hydrogen) atoms. The van der Waals surface area contributed by atoms with Crippen LogP contribution in [0.25, 0.3) is 11.5 Å². The summed E-state index contributed by atoms with van der Waals surface area (Å²) in [6.45, 7) is 3.76. The molecule has 9 heteroatoms. The van der Waals surface area contributed by atoms with Crippen molar-refractivity contribution in [2.24, 2.45) is 0 Å². The van der Waals surface area contributed by atoms with Crippen LogP contribution in [-0.4, -0.2) is 27.7 Å². The van der Waals surface area contributed by atoms with Gasteiger partial charge in [-0.15, -0.1) is 10.2 Å². The molecule has 0 aliphatic heterocycles. The molecule has 0 aliphatic rings. The zero-order chi connectivity index (χ0) is 20.8. The zero-order valence-corrected chi connectivity index (χ0v) is 15.9. The van der Waals surface area contributed by atoms with Crippen molar-refractivity contribution in [3.63, 3.8) is 0 Å². The Morgan fingerprint density at radius 2 is 1.97 bits per heavy atom. The molecular formula is C20H19N3O6. The molecule has 0 aliphatic carbocycles. The number of non-ortho nitro benzene ring substituents is 1. The van der Waals surface area contributed by atoms with E-state index in [1.807, 2.05) is 31.2 Å². The van der Waals surface area contributed by atoms with Crippen molar-refractivity contribution >= 4 is 11.7 Å². The molecule has 0 N–H and O–H groups in total. The minimum absolute atomic E-state index is 0.0383. The van der Waals surface area contributed by atoms with Gasteiger partial charge in [-0.25, -0.2) is 0 Å².